The maximum absolute atomic E-state index is 11.3. The lowest BCUT2D eigenvalue weighted by atomic mass is 10.2. The van der Waals surface area contributed by atoms with Crippen LogP contribution in [0.25, 0.3) is 0 Å². The Balaban J connectivity index is 3.51. The molecular formula is C10H19NO4. The van der Waals surface area contributed by atoms with Crippen molar-refractivity contribution in [3.63, 3.8) is 0 Å². The van der Waals surface area contributed by atoms with Gasteiger partial charge in [-0.3, -0.25) is 9.59 Å². The zero-order chi connectivity index (χ0) is 11.7. The standard InChI is InChI=1S/C10H19NO4/c1-8(7-10(13)14)11-9(12)5-3-4-6-15-2/h8H,3-7H2,1-2H3,(H,11,12)(H,13,14). The largest absolute Gasteiger partial charge is 0.481 e. The number of rotatable bonds is 8. The van der Waals surface area contributed by atoms with Crippen LogP contribution in [0.2, 0.25) is 0 Å². The number of carboxylic acids is 1. The normalized spacial score (nSPS) is 12.1. The van der Waals surface area contributed by atoms with E-state index in [4.69, 9.17) is 9.84 Å². The predicted molar refractivity (Wildman–Crippen MR) is 55.6 cm³/mol. The van der Waals surface area contributed by atoms with Gasteiger partial charge in [-0.05, 0) is 19.8 Å². The van der Waals surface area contributed by atoms with E-state index in [1.54, 1.807) is 14.0 Å². The Morgan fingerprint density at radius 3 is 2.60 bits per heavy atom. The molecule has 0 fully saturated rings. The lowest BCUT2D eigenvalue weighted by Crippen LogP contribution is -2.33. The molecule has 0 aromatic heterocycles. The lowest BCUT2D eigenvalue weighted by Gasteiger charge is -2.11. The molecule has 5 nitrogen and oxygen atoms in total. The van der Waals surface area contributed by atoms with Crippen molar-refractivity contribution < 1.29 is 19.4 Å². The summed E-state index contributed by atoms with van der Waals surface area (Å²) in [5.74, 6) is -0.998. The van der Waals surface area contributed by atoms with Gasteiger partial charge in [0.15, 0.2) is 0 Å². The molecule has 5 heteroatoms. The third kappa shape index (κ3) is 9.21. The second-order valence-corrected chi connectivity index (χ2v) is 3.52. The first-order valence-electron chi connectivity index (χ1n) is 5.06. The maximum Gasteiger partial charge on any atom is 0.305 e. The summed E-state index contributed by atoms with van der Waals surface area (Å²) in [5.41, 5.74) is 0. The van der Waals surface area contributed by atoms with Crippen molar-refractivity contribution in [1.82, 2.24) is 5.32 Å². The summed E-state index contributed by atoms with van der Waals surface area (Å²) in [7, 11) is 1.62. The van der Waals surface area contributed by atoms with E-state index in [1.807, 2.05) is 0 Å². The topological polar surface area (TPSA) is 75.6 Å². The van der Waals surface area contributed by atoms with Crippen molar-refractivity contribution in [2.75, 3.05) is 13.7 Å². The Morgan fingerprint density at radius 1 is 1.40 bits per heavy atom. The second kappa shape index (κ2) is 8.23. The zero-order valence-electron chi connectivity index (χ0n) is 9.28. The van der Waals surface area contributed by atoms with Crippen molar-refractivity contribution in [2.45, 2.75) is 38.6 Å². The molecule has 1 atom stereocenters. The van der Waals surface area contributed by atoms with Crippen LogP contribution in [0.5, 0.6) is 0 Å². The molecular weight excluding hydrogens is 198 g/mol. The summed E-state index contributed by atoms with van der Waals surface area (Å²) in [6.07, 6.45) is 1.99. The highest BCUT2D eigenvalue weighted by atomic mass is 16.5. The molecule has 0 aromatic rings. The minimum atomic E-state index is -0.901. The highest BCUT2D eigenvalue weighted by Gasteiger charge is 2.10. The van der Waals surface area contributed by atoms with Gasteiger partial charge in [0.2, 0.25) is 5.91 Å². The number of amides is 1. The van der Waals surface area contributed by atoms with Gasteiger partial charge in [0.25, 0.3) is 0 Å². The van der Waals surface area contributed by atoms with E-state index in [0.717, 1.165) is 12.8 Å². The van der Waals surface area contributed by atoms with Crippen LogP contribution in [-0.2, 0) is 14.3 Å². The van der Waals surface area contributed by atoms with Gasteiger partial charge >= 0.3 is 5.97 Å². The number of ether oxygens (including phenoxy) is 1. The van der Waals surface area contributed by atoms with E-state index >= 15 is 0 Å². The second-order valence-electron chi connectivity index (χ2n) is 3.52. The molecule has 0 aliphatic carbocycles. The number of unbranched alkanes of at least 4 members (excludes halogenated alkanes) is 1. The van der Waals surface area contributed by atoms with Gasteiger partial charge in [0, 0.05) is 26.2 Å². The molecule has 1 amide bonds. The average Bonchev–Trinajstić information content (AvgIpc) is 2.10. The maximum atomic E-state index is 11.3. The highest BCUT2D eigenvalue weighted by Crippen LogP contribution is 1.97. The molecule has 0 saturated heterocycles. The first kappa shape index (κ1) is 13.9. The number of carbonyl (C=O) groups is 2. The van der Waals surface area contributed by atoms with Gasteiger partial charge < -0.3 is 15.2 Å². The van der Waals surface area contributed by atoms with Gasteiger partial charge in [-0.1, -0.05) is 0 Å². The summed E-state index contributed by atoms with van der Waals surface area (Å²) in [4.78, 5) is 21.6. The zero-order valence-corrected chi connectivity index (χ0v) is 9.28. The van der Waals surface area contributed by atoms with E-state index < -0.39 is 5.97 Å². The Hall–Kier alpha value is -1.10. The minimum absolute atomic E-state index is 0.0379. The summed E-state index contributed by atoms with van der Waals surface area (Å²) < 4.78 is 4.85. The lowest BCUT2D eigenvalue weighted by molar-refractivity contribution is -0.137. The fourth-order valence-corrected chi connectivity index (χ4v) is 1.19. The van der Waals surface area contributed by atoms with Crippen LogP contribution in [-0.4, -0.2) is 36.7 Å². The Labute approximate surface area is 89.8 Å². The van der Waals surface area contributed by atoms with Crippen LogP contribution >= 0.6 is 0 Å². The third-order valence-corrected chi connectivity index (χ3v) is 1.89. The van der Waals surface area contributed by atoms with Crippen LogP contribution in [0.3, 0.4) is 0 Å². The molecule has 1 unspecified atom stereocenters. The number of hydrogen-bond donors (Lipinski definition) is 2. The molecule has 0 heterocycles. The number of carbonyl (C=O) groups excluding carboxylic acids is 1. The highest BCUT2D eigenvalue weighted by molar-refractivity contribution is 5.77. The molecule has 0 aliphatic rings. The van der Waals surface area contributed by atoms with Crippen LogP contribution in [0.4, 0.5) is 0 Å². The number of aliphatic carboxylic acids is 1. The summed E-state index contributed by atoms with van der Waals surface area (Å²) in [6.45, 7) is 2.33. The number of carboxylic acid groups (broad SMARTS) is 1. The predicted octanol–water partition coefficient (Wildman–Crippen LogP) is 0.782. The molecule has 0 rings (SSSR count). The van der Waals surface area contributed by atoms with E-state index in [0.29, 0.717) is 13.0 Å². The van der Waals surface area contributed by atoms with Gasteiger partial charge in [0.05, 0.1) is 6.42 Å². The van der Waals surface area contributed by atoms with Gasteiger partial charge in [-0.25, -0.2) is 0 Å². The van der Waals surface area contributed by atoms with Gasteiger partial charge in [-0.2, -0.15) is 0 Å². The molecule has 0 aromatic carbocycles. The van der Waals surface area contributed by atoms with E-state index in [2.05, 4.69) is 5.32 Å². The van der Waals surface area contributed by atoms with Crippen molar-refractivity contribution >= 4 is 11.9 Å². The Bertz CT molecular complexity index is 206. The first-order chi connectivity index (χ1) is 7.06. The summed E-state index contributed by atoms with van der Waals surface area (Å²) in [6, 6.07) is -0.308. The van der Waals surface area contributed by atoms with Gasteiger partial charge in [-0.15, -0.1) is 0 Å². The molecule has 88 valence electrons. The SMILES string of the molecule is COCCCCC(=O)NC(C)CC(=O)O. The van der Waals surface area contributed by atoms with Crippen LogP contribution < -0.4 is 5.32 Å². The molecule has 2 N–H and O–H groups in total. The van der Waals surface area contributed by atoms with Crippen LogP contribution in [0.15, 0.2) is 0 Å². The molecule has 0 spiro atoms. The van der Waals surface area contributed by atoms with Crippen molar-refractivity contribution in [1.29, 1.82) is 0 Å². The van der Waals surface area contributed by atoms with Crippen molar-refractivity contribution in [3.05, 3.63) is 0 Å². The number of methoxy groups -OCH3 is 1. The van der Waals surface area contributed by atoms with Crippen molar-refractivity contribution in [3.8, 4) is 0 Å². The number of hydrogen-bond acceptors (Lipinski definition) is 3. The van der Waals surface area contributed by atoms with E-state index in [-0.39, 0.29) is 18.4 Å². The van der Waals surface area contributed by atoms with Crippen LogP contribution in [0, 0.1) is 0 Å². The van der Waals surface area contributed by atoms with Crippen LogP contribution in [0.1, 0.15) is 32.6 Å². The van der Waals surface area contributed by atoms with E-state index in [9.17, 15) is 9.59 Å². The smallest absolute Gasteiger partial charge is 0.305 e. The molecule has 0 radical (unpaired) electrons. The first-order valence-corrected chi connectivity index (χ1v) is 5.06. The molecule has 15 heavy (non-hydrogen) atoms. The Morgan fingerprint density at radius 2 is 2.07 bits per heavy atom. The fourth-order valence-electron chi connectivity index (χ4n) is 1.19. The molecule has 0 saturated carbocycles. The summed E-state index contributed by atoms with van der Waals surface area (Å²) in [5, 5.41) is 11.1. The third-order valence-electron chi connectivity index (χ3n) is 1.89. The fraction of sp³-hybridized carbons (Fsp3) is 0.800. The monoisotopic (exact) mass is 217 g/mol. The van der Waals surface area contributed by atoms with Crippen molar-refractivity contribution in [2.24, 2.45) is 0 Å². The Kier molecular flexibility index (Phi) is 7.62. The van der Waals surface area contributed by atoms with E-state index in [1.165, 1.54) is 0 Å². The quantitative estimate of drug-likeness (QED) is 0.589. The number of nitrogens with one attached hydrogen (secondary N) is 1. The summed E-state index contributed by atoms with van der Waals surface area (Å²) >= 11 is 0. The average molecular weight is 217 g/mol. The van der Waals surface area contributed by atoms with Gasteiger partial charge in [0.1, 0.15) is 0 Å². The molecule has 0 bridgehead atoms. The molecule has 0 aliphatic heterocycles. The minimum Gasteiger partial charge on any atom is -0.481 e.